The molecule has 3 nitrogen and oxygen atoms in total. The number of rotatable bonds is 3. The third-order valence-corrected chi connectivity index (χ3v) is 4.97. The molecule has 1 saturated heterocycles. The van der Waals surface area contributed by atoms with E-state index in [-0.39, 0.29) is 17.8 Å². The fraction of sp³-hybridized carbons (Fsp3) is 0.357. The van der Waals surface area contributed by atoms with Crippen LogP contribution in [0.25, 0.3) is 10.1 Å². The maximum absolute atomic E-state index is 13.2. The average Bonchev–Trinajstić information content (AvgIpc) is 3.04. The summed E-state index contributed by atoms with van der Waals surface area (Å²) in [6, 6.07) is 4.33. The monoisotopic (exact) mass is 313 g/mol. The largest absolute Gasteiger partial charge is 0.376 e. The third kappa shape index (κ3) is 2.66. The predicted molar refractivity (Wildman–Crippen MR) is 78.1 cm³/mol. The number of hydrogen-bond acceptors (Lipinski definition) is 3. The van der Waals surface area contributed by atoms with Gasteiger partial charge in [0.05, 0.1) is 11.1 Å². The highest BCUT2D eigenvalue weighted by atomic mass is 35.5. The molecular formula is C14H13ClFNO2S. The standard InChI is InChI=1S/C14H13ClFNO2S/c15-12-10-4-3-8(16)6-11(10)20-13(12)14(18)17-7-9-2-1-5-19-9/h3-4,6,9H,1-2,5,7H2,(H,17,18). The minimum atomic E-state index is -0.332. The molecule has 3 rings (SSSR count). The van der Waals surface area contributed by atoms with E-state index in [1.165, 1.54) is 23.5 Å². The molecule has 2 heterocycles. The summed E-state index contributed by atoms with van der Waals surface area (Å²) in [6.07, 6.45) is 2.08. The van der Waals surface area contributed by atoms with E-state index in [1.54, 1.807) is 6.07 Å². The topological polar surface area (TPSA) is 38.3 Å². The van der Waals surface area contributed by atoms with Gasteiger partial charge in [-0.2, -0.15) is 0 Å². The first-order valence-electron chi connectivity index (χ1n) is 6.42. The Hall–Kier alpha value is -1.17. The maximum Gasteiger partial charge on any atom is 0.263 e. The Morgan fingerprint density at radius 3 is 3.15 bits per heavy atom. The predicted octanol–water partition coefficient (Wildman–Crippen LogP) is 3.60. The molecule has 1 aromatic heterocycles. The minimum Gasteiger partial charge on any atom is -0.376 e. The summed E-state index contributed by atoms with van der Waals surface area (Å²) >= 11 is 7.40. The molecule has 6 heteroatoms. The summed E-state index contributed by atoms with van der Waals surface area (Å²) in [4.78, 5) is 12.6. The Morgan fingerprint density at radius 1 is 1.55 bits per heavy atom. The first-order chi connectivity index (χ1) is 9.65. The molecule has 0 bridgehead atoms. The lowest BCUT2D eigenvalue weighted by molar-refractivity contribution is 0.0861. The number of thiophene rings is 1. The number of halogens is 2. The van der Waals surface area contributed by atoms with Gasteiger partial charge in [-0.3, -0.25) is 4.79 Å². The molecule has 0 aliphatic carbocycles. The number of fused-ring (bicyclic) bond motifs is 1. The van der Waals surface area contributed by atoms with E-state index in [1.807, 2.05) is 0 Å². The van der Waals surface area contributed by atoms with Gasteiger partial charge in [0.25, 0.3) is 5.91 Å². The summed E-state index contributed by atoms with van der Waals surface area (Å²) in [7, 11) is 0. The van der Waals surface area contributed by atoms with Gasteiger partial charge in [0.1, 0.15) is 10.7 Å². The number of nitrogens with one attached hydrogen (secondary N) is 1. The van der Waals surface area contributed by atoms with Crippen molar-refractivity contribution in [3.63, 3.8) is 0 Å². The lowest BCUT2D eigenvalue weighted by atomic mass is 10.2. The van der Waals surface area contributed by atoms with Gasteiger partial charge in [-0.1, -0.05) is 11.6 Å². The quantitative estimate of drug-likeness (QED) is 0.940. The highest BCUT2D eigenvalue weighted by molar-refractivity contribution is 7.21. The summed E-state index contributed by atoms with van der Waals surface area (Å²) in [6.45, 7) is 1.24. The zero-order chi connectivity index (χ0) is 14.1. The van der Waals surface area contributed by atoms with Crippen molar-refractivity contribution in [2.75, 3.05) is 13.2 Å². The first kappa shape index (κ1) is 13.8. The van der Waals surface area contributed by atoms with Crippen molar-refractivity contribution in [3.05, 3.63) is 33.9 Å². The van der Waals surface area contributed by atoms with Crippen LogP contribution in [0.1, 0.15) is 22.5 Å². The van der Waals surface area contributed by atoms with Crippen molar-refractivity contribution in [1.29, 1.82) is 0 Å². The van der Waals surface area contributed by atoms with Gasteiger partial charge in [-0.25, -0.2) is 4.39 Å². The van der Waals surface area contributed by atoms with E-state index in [0.29, 0.717) is 26.5 Å². The number of carbonyl (C=O) groups is 1. The number of ether oxygens (including phenoxy) is 1. The van der Waals surface area contributed by atoms with Gasteiger partial charge < -0.3 is 10.1 Å². The van der Waals surface area contributed by atoms with Crippen molar-refractivity contribution < 1.29 is 13.9 Å². The van der Waals surface area contributed by atoms with E-state index in [9.17, 15) is 9.18 Å². The van der Waals surface area contributed by atoms with Crippen molar-refractivity contribution in [1.82, 2.24) is 5.32 Å². The first-order valence-corrected chi connectivity index (χ1v) is 7.62. The smallest absolute Gasteiger partial charge is 0.263 e. The Balaban J connectivity index is 1.78. The van der Waals surface area contributed by atoms with Gasteiger partial charge in [0.15, 0.2) is 0 Å². The maximum atomic E-state index is 13.2. The molecule has 1 N–H and O–H groups in total. The van der Waals surface area contributed by atoms with Crippen LogP contribution in [0.15, 0.2) is 18.2 Å². The molecule has 1 unspecified atom stereocenters. The van der Waals surface area contributed by atoms with E-state index in [2.05, 4.69) is 5.32 Å². The average molecular weight is 314 g/mol. The van der Waals surface area contributed by atoms with Crippen LogP contribution in [-0.4, -0.2) is 25.2 Å². The van der Waals surface area contributed by atoms with Crippen LogP contribution < -0.4 is 5.32 Å². The Morgan fingerprint density at radius 2 is 2.40 bits per heavy atom. The Kier molecular flexibility index (Phi) is 3.92. The molecule has 20 heavy (non-hydrogen) atoms. The molecule has 1 aromatic carbocycles. The number of hydrogen-bond donors (Lipinski definition) is 1. The van der Waals surface area contributed by atoms with Crippen LogP contribution in [0.2, 0.25) is 5.02 Å². The number of amides is 1. The molecule has 1 amide bonds. The third-order valence-electron chi connectivity index (χ3n) is 3.31. The van der Waals surface area contributed by atoms with Gasteiger partial charge in [-0.15, -0.1) is 11.3 Å². The van der Waals surface area contributed by atoms with Crippen molar-refractivity contribution in [2.45, 2.75) is 18.9 Å². The van der Waals surface area contributed by atoms with E-state index in [0.717, 1.165) is 19.4 Å². The second kappa shape index (κ2) is 5.68. The molecule has 2 aromatic rings. The summed E-state index contributed by atoms with van der Waals surface area (Å²) < 4.78 is 19.3. The van der Waals surface area contributed by atoms with Gasteiger partial charge >= 0.3 is 0 Å². The van der Waals surface area contributed by atoms with E-state index >= 15 is 0 Å². The zero-order valence-electron chi connectivity index (χ0n) is 10.6. The fourth-order valence-electron chi connectivity index (χ4n) is 2.28. The van der Waals surface area contributed by atoms with Crippen molar-refractivity contribution in [3.8, 4) is 0 Å². The van der Waals surface area contributed by atoms with Crippen LogP contribution in [-0.2, 0) is 4.74 Å². The lowest BCUT2D eigenvalue weighted by Crippen LogP contribution is -2.31. The van der Waals surface area contributed by atoms with Gasteiger partial charge in [0.2, 0.25) is 0 Å². The number of benzene rings is 1. The molecule has 0 saturated carbocycles. The molecule has 1 fully saturated rings. The normalized spacial score (nSPS) is 18.6. The van der Waals surface area contributed by atoms with Gasteiger partial charge in [0, 0.05) is 23.2 Å². The molecule has 1 aliphatic rings. The van der Waals surface area contributed by atoms with Crippen LogP contribution >= 0.6 is 22.9 Å². The molecule has 106 valence electrons. The second-order valence-electron chi connectivity index (χ2n) is 4.73. The number of carbonyl (C=O) groups excluding carboxylic acids is 1. The molecule has 0 spiro atoms. The highest BCUT2D eigenvalue weighted by Gasteiger charge is 2.20. The summed E-state index contributed by atoms with van der Waals surface area (Å²) in [5, 5.41) is 3.92. The SMILES string of the molecule is O=C(NCC1CCCO1)c1sc2cc(F)ccc2c1Cl. The Bertz CT molecular complexity index is 652. The van der Waals surface area contributed by atoms with E-state index in [4.69, 9.17) is 16.3 Å². The molecule has 1 aliphatic heterocycles. The van der Waals surface area contributed by atoms with Gasteiger partial charge in [-0.05, 0) is 31.0 Å². The Labute approximate surface area is 124 Å². The van der Waals surface area contributed by atoms with Crippen LogP contribution in [0, 0.1) is 5.82 Å². The van der Waals surface area contributed by atoms with Crippen molar-refractivity contribution >= 4 is 38.9 Å². The molecular weight excluding hydrogens is 301 g/mol. The molecule has 1 atom stereocenters. The van der Waals surface area contributed by atoms with Crippen molar-refractivity contribution in [2.24, 2.45) is 0 Å². The minimum absolute atomic E-state index is 0.0875. The highest BCUT2D eigenvalue weighted by Crippen LogP contribution is 2.35. The zero-order valence-corrected chi connectivity index (χ0v) is 12.2. The second-order valence-corrected chi connectivity index (χ2v) is 6.16. The summed E-state index contributed by atoms with van der Waals surface area (Å²) in [5.41, 5.74) is 0. The van der Waals surface area contributed by atoms with Crippen LogP contribution in [0.5, 0.6) is 0 Å². The van der Waals surface area contributed by atoms with Crippen LogP contribution in [0.3, 0.4) is 0 Å². The van der Waals surface area contributed by atoms with E-state index < -0.39 is 0 Å². The fourth-order valence-corrected chi connectivity index (χ4v) is 3.74. The lowest BCUT2D eigenvalue weighted by Gasteiger charge is -2.09. The summed E-state index contributed by atoms with van der Waals surface area (Å²) in [5.74, 6) is -0.561. The van der Waals surface area contributed by atoms with Crippen LogP contribution in [0.4, 0.5) is 4.39 Å². The molecule has 0 radical (unpaired) electrons.